The first-order chi connectivity index (χ1) is 9.89. The van der Waals surface area contributed by atoms with Gasteiger partial charge in [0.15, 0.2) is 0 Å². The number of fused-ring (bicyclic) bond motifs is 1. The average Bonchev–Trinajstić information content (AvgIpc) is 2.78. The molecule has 2 aliphatic heterocycles. The first kappa shape index (κ1) is 15.0. The summed E-state index contributed by atoms with van der Waals surface area (Å²) in [6.45, 7) is 14.1. The molecule has 0 bridgehead atoms. The molecule has 2 aliphatic rings. The summed E-state index contributed by atoms with van der Waals surface area (Å²) in [4.78, 5) is 4.99. The number of hydrogen-bond donors (Lipinski definition) is 1. The monoisotopic (exact) mass is 291 g/mol. The van der Waals surface area contributed by atoms with Crippen molar-refractivity contribution in [1.29, 1.82) is 0 Å². The molecule has 21 heavy (non-hydrogen) atoms. The molecular weight excluding hydrogens is 262 g/mol. The van der Waals surface area contributed by atoms with Crippen LogP contribution in [0.4, 0.5) is 0 Å². The van der Waals surface area contributed by atoms with Crippen LogP contribution in [0.15, 0.2) is 0 Å². The predicted molar refractivity (Wildman–Crippen MR) is 84.5 cm³/mol. The zero-order chi connectivity index (χ0) is 15.1. The van der Waals surface area contributed by atoms with Gasteiger partial charge in [-0.1, -0.05) is 27.7 Å². The Hall–Kier alpha value is -0.870. The number of hydrogen-bond acceptors (Lipinski definition) is 3. The SMILES string of the molecule is CC1(Cn2c(C(C)(C)C)nc3c2CCNC3)CCOCC1. The molecule has 0 unspecified atom stereocenters. The van der Waals surface area contributed by atoms with E-state index in [9.17, 15) is 0 Å². The third-order valence-corrected chi connectivity index (χ3v) is 4.90. The fourth-order valence-electron chi connectivity index (χ4n) is 3.52. The van der Waals surface area contributed by atoms with E-state index in [2.05, 4.69) is 37.6 Å². The highest BCUT2D eigenvalue weighted by Gasteiger charge is 2.33. The molecule has 1 saturated heterocycles. The smallest absolute Gasteiger partial charge is 0.114 e. The molecule has 118 valence electrons. The van der Waals surface area contributed by atoms with E-state index in [4.69, 9.17) is 9.72 Å². The first-order valence-electron chi connectivity index (χ1n) is 8.26. The maximum atomic E-state index is 5.56. The lowest BCUT2D eigenvalue weighted by Crippen LogP contribution is -2.34. The summed E-state index contributed by atoms with van der Waals surface area (Å²) in [6.07, 6.45) is 3.41. The van der Waals surface area contributed by atoms with Gasteiger partial charge >= 0.3 is 0 Å². The number of nitrogens with zero attached hydrogens (tertiary/aromatic N) is 2. The van der Waals surface area contributed by atoms with E-state index >= 15 is 0 Å². The van der Waals surface area contributed by atoms with E-state index in [1.165, 1.54) is 17.2 Å². The van der Waals surface area contributed by atoms with Gasteiger partial charge in [0.2, 0.25) is 0 Å². The minimum absolute atomic E-state index is 0.0961. The summed E-state index contributed by atoms with van der Waals surface area (Å²) in [7, 11) is 0. The van der Waals surface area contributed by atoms with Crippen LogP contribution in [0, 0.1) is 5.41 Å². The van der Waals surface area contributed by atoms with Crippen LogP contribution < -0.4 is 5.32 Å². The second-order valence-electron chi connectivity index (χ2n) is 8.01. The third kappa shape index (κ3) is 3.02. The number of aromatic nitrogens is 2. The van der Waals surface area contributed by atoms with Crippen molar-refractivity contribution in [3.63, 3.8) is 0 Å². The van der Waals surface area contributed by atoms with Gasteiger partial charge in [0.1, 0.15) is 5.82 Å². The molecule has 1 N–H and O–H groups in total. The number of nitrogens with one attached hydrogen (secondary N) is 1. The molecule has 0 amide bonds. The summed E-state index contributed by atoms with van der Waals surface area (Å²) >= 11 is 0. The van der Waals surface area contributed by atoms with Crippen molar-refractivity contribution in [3.8, 4) is 0 Å². The van der Waals surface area contributed by atoms with Gasteiger partial charge in [0.25, 0.3) is 0 Å². The quantitative estimate of drug-likeness (QED) is 0.910. The van der Waals surface area contributed by atoms with Crippen molar-refractivity contribution >= 4 is 0 Å². The third-order valence-electron chi connectivity index (χ3n) is 4.90. The van der Waals surface area contributed by atoms with Crippen LogP contribution in [0.1, 0.15) is 57.7 Å². The molecule has 1 fully saturated rings. The Morgan fingerprint density at radius 3 is 2.67 bits per heavy atom. The Morgan fingerprint density at radius 2 is 2.00 bits per heavy atom. The van der Waals surface area contributed by atoms with E-state index < -0.39 is 0 Å². The number of ether oxygens (including phenoxy) is 1. The fourth-order valence-corrected chi connectivity index (χ4v) is 3.52. The Kier molecular flexibility index (Phi) is 3.87. The van der Waals surface area contributed by atoms with Gasteiger partial charge in [-0.2, -0.15) is 0 Å². The van der Waals surface area contributed by atoms with Gasteiger partial charge in [0.05, 0.1) is 5.69 Å². The molecule has 1 aromatic rings. The Morgan fingerprint density at radius 1 is 1.29 bits per heavy atom. The summed E-state index contributed by atoms with van der Waals surface area (Å²) in [5.41, 5.74) is 3.17. The highest BCUT2D eigenvalue weighted by atomic mass is 16.5. The highest BCUT2D eigenvalue weighted by molar-refractivity contribution is 5.24. The second-order valence-corrected chi connectivity index (χ2v) is 8.01. The second kappa shape index (κ2) is 5.40. The standard InChI is InChI=1S/C17H29N3O/c1-16(2,3)15-19-13-11-18-8-5-14(13)20(15)12-17(4)6-9-21-10-7-17/h18H,5-12H2,1-4H3. The van der Waals surface area contributed by atoms with Crippen LogP contribution in [-0.4, -0.2) is 29.3 Å². The van der Waals surface area contributed by atoms with Crippen LogP contribution in [0.3, 0.4) is 0 Å². The molecule has 0 saturated carbocycles. The lowest BCUT2D eigenvalue weighted by Gasteiger charge is -2.36. The Bertz CT molecular complexity index is 507. The zero-order valence-electron chi connectivity index (χ0n) is 14.0. The first-order valence-corrected chi connectivity index (χ1v) is 8.26. The van der Waals surface area contributed by atoms with E-state index in [1.807, 2.05) is 0 Å². The van der Waals surface area contributed by atoms with Gasteiger partial charge < -0.3 is 14.6 Å². The van der Waals surface area contributed by atoms with Gasteiger partial charge in [0, 0.05) is 50.4 Å². The fraction of sp³-hybridized carbons (Fsp3) is 0.824. The molecule has 0 atom stereocenters. The molecule has 3 rings (SSSR count). The summed E-state index contributed by atoms with van der Waals surface area (Å²) < 4.78 is 8.10. The number of rotatable bonds is 2. The minimum atomic E-state index is 0.0961. The molecule has 4 heteroatoms. The van der Waals surface area contributed by atoms with Crippen LogP contribution >= 0.6 is 0 Å². The molecule has 0 spiro atoms. The topological polar surface area (TPSA) is 39.1 Å². The predicted octanol–water partition coefficient (Wildman–Crippen LogP) is 2.64. The van der Waals surface area contributed by atoms with Crippen LogP contribution in [0.25, 0.3) is 0 Å². The van der Waals surface area contributed by atoms with Gasteiger partial charge in [-0.05, 0) is 18.3 Å². The summed E-state index contributed by atoms with van der Waals surface area (Å²) in [5.74, 6) is 1.25. The van der Waals surface area contributed by atoms with Gasteiger partial charge in [-0.25, -0.2) is 4.98 Å². The lowest BCUT2D eigenvalue weighted by atomic mass is 9.82. The van der Waals surface area contributed by atoms with Crippen molar-refractivity contribution < 1.29 is 4.74 Å². The molecule has 0 aromatic carbocycles. The highest BCUT2D eigenvalue weighted by Crippen LogP contribution is 2.35. The van der Waals surface area contributed by atoms with E-state index in [-0.39, 0.29) is 5.41 Å². The van der Waals surface area contributed by atoms with Gasteiger partial charge in [-0.15, -0.1) is 0 Å². The maximum Gasteiger partial charge on any atom is 0.114 e. The van der Waals surface area contributed by atoms with Crippen molar-refractivity contribution in [3.05, 3.63) is 17.2 Å². The van der Waals surface area contributed by atoms with Crippen LogP contribution in [-0.2, 0) is 29.7 Å². The van der Waals surface area contributed by atoms with Crippen LogP contribution in [0.2, 0.25) is 0 Å². The van der Waals surface area contributed by atoms with E-state index in [0.717, 1.165) is 52.1 Å². The largest absolute Gasteiger partial charge is 0.381 e. The van der Waals surface area contributed by atoms with E-state index in [0.29, 0.717) is 5.41 Å². The normalized spacial score (nSPS) is 22.1. The Balaban J connectivity index is 1.97. The maximum absolute atomic E-state index is 5.56. The molecule has 1 aromatic heterocycles. The van der Waals surface area contributed by atoms with E-state index in [1.54, 1.807) is 0 Å². The lowest BCUT2D eigenvalue weighted by molar-refractivity contribution is 0.0144. The Labute approximate surface area is 128 Å². The molecule has 3 heterocycles. The zero-order valence-corrected chi connectivity index (χ0v) is 14.0. The van der Waals surface area contributed by atoms with Crippen LogP contribution in [0.5, 0.6) is 0 Å². The average molecular weight is 291 g/mol. The molecular formula is C17H29N3O. The molecule has 0 aliphatic carbocycles. The minimum Gasteiger partial charge on any atom is -0.381 e. The van der Waals surface area contributed by atoms with Crippen molar-refractivity contribution in [1.82, 2.24) is 14.9 Å². The van der Waals surface area contributed by atoms with Crippen molar-refractivity contribution in [2.75, 3.05) is 19.8 Å². The van der Waals surface area contributed by atoms with Gasteiger partial charge in [-0.3, -0.25) is 0 Å². The van der Waals surface area contributed by atoms with Crippen molar-refractivity contribution in [2.24, 2.45) is 5.41 Å². The van der Waals surface area contributed by atoms with Crippen molar-refractivity contribution in [2.45, 2.75) is 65.5 Å². The summed E-state index contributed by atoms with van der Waals surface area (Å²) in [5, 5.41) is 3.45. The number of imidazole rings is 1. The molecule has 4 nitrogen and oxygen atoms in total. The molecule has 0 radical (unpaired) electrons. The summed E-state index contributed by atoms with van der Waals surface area (Å²) in [6, 6.07) is 0.